The van der Waals surface area contributed by atoms with E-state index in [1.54, 1.807) is 36.4 Å². The van der Waals surface area contributed by atoms with Gasteiger partial charge in [0.1, 0.15) is 28.8 Å². The number of nitrogens with two attached hydrogens (primary N) is 1. The summed E-state index contributed by atoms with van der Waals surface area (Å²) in [4.78, 5) is 28.2. The van der Waals surface area contributed by atoms with Crippen molar-refractivity contribution in [1.82, 2.24) is 0 Å². The van der Waals surface area contributed by atoms with E-state index in [4.69, 9.17) is 15.2 Å². The summed E-state index contributed by atoms with van der Waals surface area (Å²) in [6.07, 6.45) is 0. The number of nitrogens with zero attached hydrogens (tertiary/aromatic N) is 2. The van der Waals surface area contributed by atoms with Crippen molar-refractivity contribution in [2.45, 2.75) is 18.9 Å². The topological polar surface area (TPSA) is 106 Å². The molecule has 2 heterocycles. The van der Waals surface area contributed by atoms with Crippen LogP contribution in [0.3, 0.4) is 0 Å². The monoisotopic (exact) mass is 419 g/mol. The lowest BCUT2D eigenvalue weighted by molar-refractivity contribution is -0.138. The van der Waals surface area contributed by atoms with Crippen molar-refractivity contribution in [1.29, 1.82) is 5.26 Å². The Hall–Kier alpha value is -4.12. The third-order valence-corrected chi connectivity index (χ3v) is 5.51. The van der Waals surface area contributed by atoms with Crippen LogP contribution in [0.15, 0.2) is 71.3 Å². The summed E-state index contributed by atoms with van der Waals surface area (Å²) in [6, 6.07) is 14.6. The maximum Gasteiger partial charge on any atom is 0.339 e. The van der Waals surface area contributed by atoms with Gasteiger partial charge in [-0.3, -0.25) is 4.79 Å². The van der Waals surface area contributed by atoms with E-state index in [9.17, 15) is 19.2 Å². The van der Waals surface area contributed by atoms with Gasteiger partial charge in [-0.05, 0) is 30.7 Å². The first-order chi connectivity index (χ1) is 14.9. The summed E-state index contributed by atoms with van der Waals surface area (Å²) in [5.41, 5.74) is 5.30. The zero-order valence-electron chi connectivity index (χ0n) is 16.8. The first-order valence-corrected chi connectivity index (χ1v) is 9.40. The van der Waals surface area contributed by atoms with Gasteiger partial charge in [0, 0.05) is 11.3 Å². The van der Waals surface area contributed by atoms with E-state index in [2.05, 4.69) is 0 Å². The minimum absolute atomic E-state index is 0.0301. The fraction of sp³-hybridized carbons (Fsp3) is 0.174. The molecule has 2 N–H and O–H groups in total. The van der Waals surface area contributed by atoms with Gasteiger partial charge in [0.25, 0.3) is 0 Å². The Morgan fingerprint density at radius 3 is 2.71 bits per heavy atom. The highest BCUT2D eigenvalue weighted by molar-refractivity contribution is 6.18. The van der Waals surface area contributed by atoms with Crippen LogP contribution < -0.4 is 10.6 Å². The molecule has 0 aliphatic carbocycles. The Labute approximate surface area is 177 Å². The average Bonchev–Trinajstić information content (AvgIpc) is 2.97. The first-order valence-electron chi connectivity index (χ1n) is 9.40. The molecule has 7 nitrogen and oxygen atoms in total. The molecule has 2 aromatic carbocycles. The van der Waals surface area contributed by atoms with Gasteiger partial charge in [-0.1, -0.05) is 30.3 Å². The largest absolute Gasteiger partial charge is 0.466 e. The minimum atomic E-state index is -1.82. The van der Waals surface area contributed by atoms with Crippen molar-refractivity contribution in [2.24, 2.45) is 5.73 Å². The zero-order chi connectivity index (χ0) is 22.3. The maximum absolute atomic E-state index is 14.0. The van der Waals surface area contributed by atoms with Crippen LogP contribution in [-0.4, -0.2) is 19.0 Å². The number of allylic oxidation sites excluding steroid dienone is 1. The minimum Gasteiger partial charge on any atom is -0.466 e. The second-order valence-corrected chi connectivity index (χ2v) is 7.16. The number of amides is 1. The summed E-state index contributed by atoms with van der Waals surface area (Å²) in [7, 11) is 1.18. The van der Waals surface area contributed by atoms with Crippen LogP contribution in [0.1, 0.15) is 18.1 Å². The van der Waals surface area contributed by atoms with Crippen molar-refractivity contribution in [3.8, 4) is 6.07 Å². The molecule has 0 saturated carbocycles. The molecule has 8 heteroatoms. The number of anilines is 1. The Balaban J connectivity index is 2.00. The molecule has 0 aromatic heterocycles. The summed E-state index contributed by atoms with van der Waals surface area (Å²) in [5.74, 6) is -2.01. The maximum atomic E-state index is 14.0. The molecule has 1 spiro atoms. The van der Waals surface area contributed by atoms with Gasteiger partial charge < -0.3 is 20.1 Å². The van der Waals surface area contributed by atoms with Crippen molar-refractivity contribution in [3.05, 3.63) is 88.3 Å². The Morgan fingerprint density at radius 2 is 2.03 bits per heavy atom. The number of fused-ring (bicyclic) bond motifs is 2. The summed E-state index contributed by atoms with van der Waals surface area (Å²) in [6.45, 7) is 1.52. The van der Waals surface area contributed by atoms with Crippen molar-refractivity contribution in [2.75, 3.05) is 12.0 Å². The molecule has 2 aromatic rings. The molecule has 4 rings (SSSR count). The summed E-state index contributed by atoms with van der Waals surface area (Å²) >= 11 is 0. The number of rotatable bonds is 3. The van der Waals surface area contributed by atoms with Crippen LogP contribution in [-0.2, 0) is 31.0 Å². The third-order valence-electron chi connectivity index (χ3n) is 5.51. The van der Waals surface area contributed by atoms with E-state index in [1.165, 1.54) is 31.1 Å². The molecule has 0 unspecified atom stereocenters. The summed E-state index contributed by atoms with van der Waals surface area (Å²) in [5, 5.41) is 9.94. The molecule has 0 bridgehead atoms. The molecule has 2 aliphatic rings. The van der Waals surface area contributed by atoms with Gasteiger partial charge in [-0.25, -0.2) is 9.18 Å². The van der Waals surface area contributed by atoms with E-state index >= 15 is 0 Å². The van der Waals surface area contributed by atoms with Gasteiger partial charge in [0.15, 0.2) is 5.41 Å². The van der Waals surface area contributed by atoms with Crippen LogP contribution in [0, 0.1) is 17.1 Å². The number of ether oxygens (including phenoxy) is 2. The van der Waals surface area contributed by atoms with Gasteiger partial charge >= 0.3 is 5.97 Å². The fourth-order valence-corrected chi connectivity index (χ4v) is 4.29. The van der Waals surface area contributed by atoms with Crippen LogP contribution in [0.5, 0.6) is 0 Å². The van der Waals surface area contributed by atoms with Crippen LogP contribution in [0.25, 0.3) is 0 Å². The lowest BCUT2D eigenvalue weighted by atomic mass is 9.68. The van der Waals surface area contributed by atoms with Crippen LogP contribution in [0.4, 0.5) is 10.1 Å². The SMILES string of the molecule is COC(=O)C1=C(C)OC(N)=C(C#N)[C@]12C(=O)N(Cc1cccc(F)c1)c1ccccc12. The zero-order valence-corrected chi connectivity index (χ0v) is 16.8. The van der Waals surface area contributed by atoms with E-state index in [-0.39, 0.29) is 29.3 Å². The van der Waals surface area contributed by atoms with E-state index in [0.29, 0.717) is 16.8 Å². The van der Waals surface area contributed by atoms with E-state index < -0.39 is 23.1 Å². The van der Waals surface area contributed by atoms with Gasteiger partial charge in [0.05, 0.1) is 13.7 Å². The Kier molecular flexibility index (Phi) is 4.74. The Morgan fingerprint density at radius 1 is 1.29 bits per heavy atom. The lowest BCUT2D eigenvalue weighted by Gasteiger charge is -2.34. The molecule has 156 valence electrons. The lowest BCUT2D eigenvalue weighted by Crippen LogP contribution is -2.48. The quantitative estimate of drug-likeness (QED) is 0.767. The number of benzene rings is 2. The van der Waals surface area contributed by atoms with Crippen molar-refractivity contribution >= 4 is 17.6 Å². The van der Waals surface area contributed by atoms with Gasteiger partial charge in [0.2, 0.25) is 11.8 Å². The van der Waals surface area contributed by atoms with E-state index in [0.717, 1.165) is 0 Å². The normalized spacial score (nSPS) is 19.9. The molecule has 0 radical (unpaired) electrons. The second kappa shape index (κ2) is 7.29. The molecule has 0 fully saturated rings. The fourth-order valence-electron chi connectivity index (χ4n) is 4.29. The highest BCUT2D eigenvalue weighted by atomic mass is 19.1. The number of nitriles is 1. The highest BCUT2D eigenvalue weighted by Crippen LogP contribution is 2.54. The number of halogens is 1. The highest BCUT2D eigenvalue weighted by Gasteiger charge is 2.62. The third kappa shape index (κ3) is 2.78. The number of hydrogen-bond donors (Lipinski definition) is 1. The van der Waals surface area contributed by atoms with Crippen molar-refractivity contribution < 1.29 is 23.5 Å². The van der Waals surface area contributed by atoms with Gasteiger partial charge in [-0.2, -0.15) is 5.26 Å². The molecule has 1 atom stereocenters. The molecule has 1 amide bonds. The summed E-state index contributed by atoms with van der Waals surface area (Å²) < 4.78 is 24.1. The predicted molar refractivity (Wildman–Crippen MR) is 108 cm³/mol. The molecular formula is C23H18FN3O4. The Bertz CT molecular complexity index is 1230. The number of methoxy groups -OCH3 is 1. The molecule has 2 aliphatic heterocycles. The average molecular weight is 419 g/mol. The number of carbonyl (C=O) groups excluding carboxylic acids is 2. The molecule has 0 saturated heterocycles. The number of hydrogen-bond acceptors (Lipinski definition) is 6. The standard InChI is InChI=1S/C23H18FN3O4/c1-13-19(21(28)30-2)23(17(11-25)20(26)31-13)16-8-3-4-9-18(16)27(22(23)29)12-14-6-5-7-15(24)10-14/h3-10H,12,26H2,1-2H3/t23-/m0/s1. The predicted octanol–water partition coefficient (Wildman–Crippen LogP) is 2.78. The second-order valence-electron chi connectivity index (χ2n) is 7.16. The van der Waals surface area contributed by atoms with Crippen LogP contribution in [0.2, 0.25) is 0 Å². The van der Waals surface area contributed by atoms with Crippen molar-refractivity contribution in [3.63, 3.8) is 0 Å². The molecular weight excluding hydrogens is 401 g/mol. The number of esters is 1. The smallest absolute Gasteiger partial charge is 0.339 e. The number of carbonyl (C=O) groups is 2. The molecule has 31 heavy (non-hydrogen) atoms. The number of para-hydroxylation sites is 1. The van der Waals surface area contributed by atoms with E-state index in [1.807, 2.05) is 6.07 Å². The van der Waals surface area contributed by atoms with Gasteiger partial charge in [-0.15, -0.1) is 0 Å². The first kappa shape index (κ1) is 20.2. The van der Waals surface area contributed by atoms with Crippen LogP contribution >= 0.6 is 0 Å².